The van der Waals surface area contributed by atoms with E-state index in [0.717, 1.165) is 18.9 Å². The zero-order chi connectivity index (χ0) is 14.0. The number of ether oxygens (including phenoxy) is 2. The lowest BCUT2D eigenvalue weighted by Crippen LogP contribution is -2.40. The fourth-order valence-electron chi connectivity index (χ4n) is 2.06. The van der Waals surface area contributed by atoms with E-state index in [1.54, 1.807) is 7.11 Å². The van der Waals surface area contributed by atoms with Gasteiger partial charge in [-0.3, -0.25) is 10.1 Å². The molecule has 0 unspecified atom stereocenters. The van der Waals surface area contributed by atoms with Crippen LogP contribution in [0, 0.1) is 15.9 Å². The van der Waals surface area contributed by atoms with Crippen LogP contribution in [0.15, 0.2) is 12.1 Å². The van der Waals surface area contributed by atoms with Gasteiger partial charge in [0.2, 0.25) is 0 Å². The molecule has 0 amide bonds. The maximum Gasteiger partial charge on any atom is 0.313 e. The van der Waals surface area contributed by atoms with E-state index in [4.69, 9.17) is 9.47 Å². The maximum atomic E-state index is 13.8. The first-order valence-corrected chi connectivity index (χ1v) is 5.86. The molecule has 19 heavy (non-hydrogen) atoms. The summed E-state index contributed by atoms with van der Waals surface area (Å²) in [5, 5.41) is 13.7. The number of rotatable bonds is 5. The van der Waals surface area contributed by atoms with Gasteiger partial charge in [-0.2, -0.15) is 0 Å². The van der Waals surface area contributed by atoms with Crippen LogP contribution in [0.5, 0.6) is 5.75 Å². The van der Waals surface area contributed by atoms with Crippen molar-refractivity contribution < 1.29 is 18.8 Å². The zero-order valence-corrected chi connectivity index (χ0v) is 10.7. The highest BCUT2D eigenvalue weighted by molar-refractivity contribution is 5.59. The molecule has 0 atom stereocenters. The monoisotopic (exact) mass is 270 g/mol. The van der Waals surface area contributed by atoms with Gasteiger partial charge < -0.3 is 14.8 Å². The number of halogens is 1. The number of benzene rings is 1. The van der Waals surface area contributed by atoms with Gasteiger partial charge in [0.05, 0.1) is 29.9 Å². The van der Waals surface area contributed by atoms with Crippen LogP contribution < -0.4 is 10.1 Å². The minimum absolute atomic E-state index is 0.0384. The third-order valence-electron chi connectivity index (χ3n) is 3.25. The summed E-state index contributed by atoms with van der Waals surface area (Å²) in [6, 6.07) is 2.30. The molecule has 1 aliphatic carbocycles. The van der Waals surface area contributed by atoms with Gasteiger partial charge in [0.25, 0.3) is 0 Å². The van der Waals surface area contributed by atoms with Gasteiger partial charge in [-0.15, -0.1) is 0 Å². The Balaban J connectivity index is 2.15. The second kappa shape index (κ2) is 5.40. The third-order valence-corrected chi connectivity index (χ3v) is 3.25. The van der Waals surface area contributed by atoms with Gasteiger partial charge in [-0.25, -0.2) is 4.39 Å². The molecule has 0 bridgehead atoms. The van der Waals surface area contributed by atoms with Crippen molar-refractivity contribution in [3.05, 3.63) is 28.1 Å². The first kappa shape index (κ1) is 13.5. The fourth-order valence-corrected chi connectivity index (χ4v) is 2.06. The quantitative estimate of drug-likeness (QED) is 0.656. The first-order chi connectivity index (χ1) is 9.05. The van der Waals surface area contributed by atoms with Crippen molar-refractivity contribution in [2.75, 3.05) is 19.5 Å². The standard InChI is InChI=1S/C12H15FN2O4/c1-18-8-3-7(4-8)14-10-6-12(19-2)11(15(16)17)5-9(10)13/h5-8,14H,3-4H2,1-2H3. The predicted molar refractivity (Wildman–Crippen MR) is 67.0 cm³/mol. The number of anilines is 1. The highest BCUT2D eigenvalue weighted by Gasteiger charge is 2.30. The summed E-state index contributed by atoms with van der Waals surface area (Å²) >= 11 is 0. The second-order valence-corrected chi connectivity index (χ2v) is 4.43. The van der Waals surface area contributed by atoms with Gasteiger partial charge in [0.15, 0.2) is 11.6 Å². The van der Waals surface area contributed by atoms with E-state index < -0.39 is 10.7 Å². The molecule has 1 saturated carbocycles. The summed E-state index contributed by atoms with van der Waals surface area (Å²) in [7, 11) is 2.95. The number of nitrogens with one attached hydrogen (secondary N) is 1. The molecule has 104 valence electrons. The molecule has 6 nitrogen and oxygen atoms in total. The van der Waals surface area contributed by atoms with E-state index in [-0.39, 0.29) is 29.3 Å². The van der Waals surface area contributed by atoms with Crippen LogP contribution in [0.25, 0.3) is 0 Å². The van der Waals surface area contributed by atoms with E-state index in [9.17, 15) is 14.5 Å². The number of hydrogen-bond acceptors (Lipinski definition) is 5. The van der Waals surface area contributed by atoms with Crippen molar-refractivity contribution in [1.82, 2.24) is 0 Å². The average molecular weight is 270 g/mol. The van der Waals surface area contributed by atoms with Crippen LogP contribution in [0.4, 0.5) is 15.8 Å². The van der Waals surface area contributed by atoms with Crippen molar-refractivity contribution in [1.29, 1.82) is 0 Å². The first-order valence-electron chi connectivity index (χ1n) is 5.86. The Kier molecular flexibility index (Phi) is 3.84. The van der Waals surface area contributed by atoms with Crippen LogP contribution in [0.1, 0.15) is 12.8 Å². The molecule has 1 fully saturated rings. The van der Waals surface area contributed by atoms with Gasteiger partial charge >= 0.3 is 5.69 Å². The lowest BCUT2D eigenvalue weighted by molar-refractivity contribution is -0.385. The average Bonchev–Trinajstić information content (AvgIpc) is 2.34. The minimum atomic E-state index is -0.671. The van der Waals surface area contributed by atoms with Crippen LogP contribution in [-0.2, 0) is 4.74 Å². The van der Waals surface area contributed by atoms with E-state index in [2.05, 4.69) is 5.32 Å². The molecule has 0 spiro atoms. The fraction of sp³-hybridized carbons (Fsp3) is 0.500. The van der Waals surface area contributed by atoms with Crippen molar-refractivity contribution in [3.8, 4) is 5.75 Å². The van der Waals surface area contributed by atoms with E-state index in [0.29, 0.717) is 0 Å². The van der Waals surface area contributed by atoms with Gasteiger partial charge in [0.1, 0.15) is 0 Å². The third kappa shape index (κ3) is 2.76. The van der Waals surface area contributed by atoms with E-state index in [1.165, 1.54) is 13.2 Å². The van der Waals surface area contributed by atoms with Crippen LogP contribution in [-0.4, -0.2) is 31.3 Å². The Morgan fingerprint density at radius 1 is 1.42 bits per heavy atom. The Morgan fingerprint density at radius 2 is 2.11 bits per heavy atom. The lowest BCUT2D eigenvalue weighted by atomic mass is 9.89. The smallest absolute Gasteiger partial charge is 0.313 e. The molecule has 1 N–H and O–H groups in total. The SMILES string of the molecule is COc1cc(NC2CC(OC)C2)c(F)cc1[N+](=O)[O-]. The molecule has 0 radical (unpaired) electrons. The van der Waals surface area contributed by atoms with Crippen molar-refractivity contribution >= 4 is 11.4 Å². The summed E-state index contributed by atoms with van der Waals surface area (Å²) in [4.78, 5) is 10.1. The molecule has 2 rings (SSSR count). The van der Waals surface area contributed by atoms with Gasteiger partial charge in [-0.05, 0) is 12.8 Å². The molecule has 0 aliphatic heterocycles. The molecule has 0 saturated heterocycles. The largest absolute Gasteiger partial charge is 0.490 e. The number of nitrogens with zero attached hydrogens (tertiary/aromatic N) is 1. The minimum Gasteiger partial charge on any atom is -0.490 e. The van der Waals surface area contributed by atoms with Crippen molar-refractivity contribution in [3.63, 3.8) is 0 Å². The summed E-state index contributed by atoms with van der Waals surface area (Å²) in [6.07, 6.45) is 1.77. The highest BCUT2D eigenvalue weighted by atomic mass is 19.1. The highest BCUT2D eigenvalue weighted by Crippen LogP contribution is 2.34. The summed E-state index contributed by atoms with van der Waals surface area (Å²) in [5.74, 6) is -0.620. The van der Waals surface area contributed by atoms with E-state index in [1.807, 2.05) is 0 Å². The molecular weight excluding hydrogens is 255 g/mol. The van der Waals surface area contributed by atoms with Crippen LogP contribution in [0.2, 0.25) is 0 Å². The second-order valence-electron chi connectivity index (χ2n) is 4.43. The topological polar surface area (TPSA) is 73.6 Å². The van der Waals surface area contributed by atoms with Crippen LogP contribution >= 0.6 is 0 Å². The van der Waals surface area contributed by atoms with Gasteiger partial charge in [0, 0.05) is 19.2 Å². The number of methoxy groups -OCH3 is 2. The molecular formula is C12H15FN2O4. The Labute approximate surface area is 109 Å². The number of hydrogen-bond donors (Lipinski definition) is 1. The Hall–Kier alpha value is -1.89. The molecule has 1 aromatic rings. The Bertz CT molecular complexity index is 489. The number of nitro benzene ring substituents is 1. The van der Waals surface area contributed by atoms with E-state index >= 15 is 0 Å². The molecule has 7 heteroatoms. The van der Waals surface area contributed by atoms with Crippen molar-refractivity contribution in [2.45, 2.75) is 25.0 Å². The Morgan fingerprint density at radius 3 is 2.63 bits per heavy atom. The normalized spacial score (nSPS) is 21.6. The maximum absolute atomic E-state index is 13.8. The predicted octanol–water partition coefficient (Wildman–Crippen LogP) is 2.33. The molecule has 1 aromatic carbocycles. The van der Waals surface area contributed by atoms with Crippen molar-refractivity contribution in [2.24, 2.45) is 0 Å². The number of nitro groups is 1. The summed E-state index contributed by atoms with van der Waals surface area (Å²) < 4.78 is 23.8. The molecule has 1 aliphatic rings. The van der Waals surface area contributed by atoms with Gasteiger partial charge in [-0.1, -0.05) is 0 Å². The summed E-state index contributed by atoms with van der Waals surface area (Å²) in [5.41, 5.74) is -0.170. The zero-order valence-electron chi connectivity index (χ0n) is 10.7. The molecule has 0 heterocycles. The summed E-state index contributed by atoms with van der Waals surface area (Å²) in [6.45, 7) is 0. The molecule has 0 aromatic heterocycles. The lowest BCUT2D eigenvalue weighted by Gasteiger charge is -2.35. The van der Waals surface area contributed by atoms with Crippen LogP contribution in [0.3, 0.4) is 0 Å².